The SMILES string of the molecule is CC(C)CC1CC(NC(=O)NCCC(=O)O)CCO1. The number of amides is 2. The largest absolute Gasteiger partial charge is 0.481 e. The molecular weight excluding hydrogens is 248 g/mol. The Bertz CT molecular complexity index is 307. The second-order valence-corrected chi connectivity index (χ2v) is 5.39. The van der Waals surface area contributed by atoms with Crippen LogP contribution in [0.4, 0.5) is 4.79 Å². The van der Waals surface area contributed by atoms with Gasteiger partial charge in [-0.2, -0.15) is 0 Å². The first-order valence-electron chi connectivity index (χ1n) is 6.85. The Balaban J connectivity index is 2.23. The summed E-state index contributed by atoms with van der Waals surface area (Å²) in [5.74, 6) is -0.337. The van der Waals surface area contributed by atoms with Crippen LogP contribution in [0.5, 0.6) is 0 Å². The zero-order chi connectivity index (χ0) is 14.3. The first kappa shape index (κ1) is 15.8. The lowest BCUT2D eigenvalue weighted by atomic mass is 9.96. The van der Waals surface area contributed by atoms with E-state index in [1.165, 1.54) is 0 Å². The Hall–Kier alpha value is -1.30. The number of hydrogen-bond donors (Lipinski definition) is 3. The third-order valence-corrected chi connectivity index (χ3v) is 3.06. The van der Waals surface area contributed by atoms with E-state index in [9.17, 15) is 9.59 Å². The normalized spacial score (nSPS) is 23.1. The molecule has 0 saturated carbocycles. The van der Waals surface area contributed by atoms with E-state index < -0.39 is 5.97 Å². The smallest absolute Gasteiger partial charge is 0.315 e. The Kier molecular flexibility index (Phi) is 6.62. The van der Waals surface area contributed by atoms with E-state index >= 15 is 0 Å². The van der Waals surface area contributed by atoms with E-state index in [1.807, 2.05) is 0 Å². The molecule has 110 valence electrons. The number of carbonyl (C=O) groups excluding carboxylic acids is 1. The summed E-state index contributed by atoms with van der Waals surface area (Å²) in [5, 5.41) is 13.9. The number of ether oxygens (including phenoxy) is 1. The van der Waals surface area contributed by atoms with E-state index in [4.69, 9.17) is 9.84 Å². The van der Waals surface area contributed by atoms with Crippen LogP contribution < -0.4 is 10.6 Å². The van der Waals surface area contributed by atoms with Gasteiger partial charge in [0, 0.05) is 19.2 Å². The van der Waals surface area contributed by atoms with Crippen molar-refractivity contribution in [2.45, 2.75) is 51.7 Å². The third kappa shape index (κ3) is 7.00. The molecule has 6 nitrogen and oxygen atoms in total. The van der Waals surface area contributed by atoms with E-state index in [0.717, 1.165) is 19.3 Å². The molecular formula is C13H24N2O4. The molecule has 1 aliphatic rings. The van der Waals surface area contributed by atoms with Gasteiger partial charge < -0.3 is 20.5 Å². The average Bonchev–Trinajstić information content (AvgIpc) is 2.27. The summed E-state index contributed by atoms with van der Waals surface area (Å²) in [6.07, 6.45) is 2.78. The molecule has 0 aromatic rings. The maximum absolute atomic E-state index is 11.6. The van der Waals surface area contributed by atoms with Crippen LogP contribution in [0.25, 0.3) is 0 Å². The van der Waals surface area contributed by atoms with Gasteiger partial charge in [-0.25, -0.2) is 4.79 Å². The summed E-state index contributed by atoms with van der Waals surface area (Å²) < 4.78 is 5.66. The van der Waals surface area contributed by atoms with Crippen LogP contribution >= 0.6 is 0 Å². The molecule has 0 bridgehead atoms. The molecule has 3 N–H and O–H groups in total. The van der Waals surface area contributed by atoms with Crippen LogP contribution in [0.15, 0.2) is 0 Å². The fourth-order valence-electron chi connectivity index (χ4n) is 2.22. The lowest BCUT2D eigenvalue weighted by molar-refractivity contribution is -0.136. The van der Waals surface area contributed by atoms with Crippen LogP contribution in [-0.2, 0) is 9.53 Å². The van der Waals surface area contributed by atoms with Crippen molar-refractivity contribution >= 4 is 12.0 Å². The molecule has 1 fully saturated rings. The van der Waals surface area contributed by atoms with Gasteiger partial charge in [-0.1, -0.05) is 13.8 Å². The highest BCUT2D eigenvalue weighted by Gasteiger charge is 2.24. The van der Waals surface area contributed by atoms with Crippen molar-refractivity contribution in [3.05, 3.63) is 0 Å². The topological polar surface area (TPSA) is 87.7 Å². The van der Waals surface area contributed by atoms with Crippen LogP contribution in [0, 0.1) is 5.92 Å². The fourth-order valence-corrected chi connectivity index (χ4v) is 2.22. The molecule has 2 atom stereocenters. The van der Waals surface area contributed by atoms with Crippen molar-refractivity contribution in [2.75, 3.05) is 13.2 Å². The molecule has 0 aliphatic carbocycles. The molecule has 2 amide bonds. The number of rotatable bonds is 6. The zero-order valence-corrected chi connectivity index (χ0v) is 11.6. The predicted molar refractivity (Wildman–Crippen MR) is 71.0 cm³/mol. The monoisotopic (exact) mass is 272 g/mol. The molecule has 1 rings (SSSR count). The number of hydrogen-bond acceptors (Lipinski definition) is 3. The predicted octanol–water partition coefficient (Wildman–Crippen LogP) is 1.35. The molecule has 1 aliphatic heterocycles. The Morgan fingerprint density at radius 2 is 2.16 bits per heavy atom. The summed E-state index contributed by atoms with van der Waals surface area (Å²) >= 11 is 0. The maximum atomic E-state index is 11.6. The molecule has 0 aromatic carbocycles. The van der Waals surface area contributed by atoms with Gasteiger partial charge in [0.15, 0.2) is 0 Å². The van der Waals surface area contributed by atoms with Gasteiger partial charge in [0.2, 0.25) is 0 Å². The van der Waals surface area contributed by atoms with Gasteiger partial charge in [-0.3, -0.25) is 4.79 Å². The highest BCUT2D eigenvalue weighted by atomic mass is 16.5. The minimum absolute atomic E-state index is 0.0584. The molecule has 19 heavy (non-hydrogen) atoms. The van der Waals surface area contributed by atoms with E-state index in [-0.39, 0.29) is 31.1 Å². The molecule has 0 radical (unpaired) electrons. The first-order valence-corrected chi connectivity index (χ1v) is 6.85. The quantitative estimate of drug-likeness (QED) is 0.681. The third-order valence-electron chi connectivity index (χ3n) is 3.06. The number of nitrogens with one attached hydrogen (secondary N) is 2. The number of urea groups is 1. The van der Waals surface area contributed by atoms with Crippen molar-refractivity contribution in [1.82, 2.24) is 10.6 Å². The zero-order valence-electron chi connectivity index (χ0n) is 11.6. The highest BCUT2D eigenvalue weighted by molar-refractivity contribution is 5.75. The second-order valence-electron chi connectivity index (χ2n) is 5.39. The average molecular weight is 272 g/mol. The van der Waals surface area contributed by atoms with Gasteiger partial charge in [0.05, 0.1) is 12.5 Å². The Labute approximate surface area is 113 Å². The minimum atomic E-state index is -0.914. The standard InChI is InChI=1S/C13H24N2O4/c1-9(2)7-11-8-10(4-6-19-11)15-13(18)14-5-3-12(16)17/h9-11H,3-8H2,1-2H3,(H,16,17)(H2,14,15,18). The summed E-state index contributed by atoms with van der Waals surface area (Å²) in [6, 6.07) is -0.182. The van der Waals surface area contributed by atoms with E-state index in [2.05, 4.69) is 24.5 Å². The molecule has 0 spiro atoms. The molecule has 0 aromatic heterocycles. The summed E-state index contributed by atoms with van der Waals surface area (Å²) in [7, 11) is 0. The molecule has 1 heterocycles. The number of carboxylic acid groups (broad SMARTS) is 1. The van der Waals surface area contributed by atoms with Gasteiger partial charge in [-0.15, -0.1) is 0 Å². The lowest BCUT2D eigenvalue weighted by Crippen LogP contribution is -2.46. The van der Waals surface area contributed by atoms with E-state index in [1.54, 1.807) is 0 Å². The van der Waals surface area contributed by atoms with Crippen LogP contribution in [0.2, 0.25) is 0 Å². The first-order chi connectivity index (χ1) is 8.97. The van der Waals surface area contributed by atoms with Gasteiger partial charge in [0.1, 0.15) is 0 Å². The molecule has 2 unspecified atom stereocenters. The van der Waals surface area contributed by atoms with Crippen LogP contribution in [0.1, 0.15) is 39.5 Å². The number of aliphatic carboxylic acids is 1. The van der Waals surface area contributed by atoms with Crippen LogP contribution in [0.3, 0.4) is 0 Å². The minimum Gasteiger partial charge on any atom is -0.481 e. The lowest BCUT2D eigenvalue weighted by Gasteiger charge is -2.31. The Morgan fingerprint density at radius 3 is 2.79 bits per heavy atom. The Morgan fingerprint density at radius 1 is 1.42 bits per heavy atom. The fraction of sp³-hybridized carbons (Fsp3) is 0.846. The van der Waals surface area contributed by atoms with Crippen molar-refractivity contribution in [1.29, 1.82) is 0 Å². The van der Waals surface area contributed by atoms with Crippen LogP contribution in [-0.4, -0.2) is 42.4 Å². The molecule has 1 saturated heterocycles. The number of carbonyl (C=O) groups is 2. The highest BCUT2D eigenvalue weighted by Crippen LogP contribution is 2.19. The summed E-state index contributed by atoms with van der Waals surface area (Å²) in [5.41, 5.74) is 0. The van der Waals surface area contributed by atoms with Crippen molar-refractivity contribution in [2.24, 2.45) is 5.92 Å². The summed E-state index contributed by atoms with van der Waals surface area (Å²) in [4.78, 5) is 21.9. The number of carboxylic acids is 1. The van der Waals surface area contributed by atoms with Gasteiger partial charge in [-0.05, 0) is 25.2 Å². The van der Waals surface area contributed by atoms with Gasteiger partial charge in [0.25, 0.3) is 0 Å². The molecule has 6 heteroatoms. The van der Waals surface area contributed by atoms with E-state index in [0.29, 0.717) is 12.5 Å². The van der Waals surface area contributed by atoms with Gasteiger partial charge >= 0.3 is 12.0 Å². The van der Waals surface area contributed by atoms with Crippen molar-refractivity contribution in [3.8, 4) is 0 Å². The maximum Gasteiger partial charge on any atom is 0.315 e. The second kappa shape index (κ2) is 7.99. The van der Waals surface area contributed by atoms with Crippen molar-refractivity contribution in [3.63, 3.8) is 0 Å². The summed E-state index contributed by atoms with van der Waals surface area (Å²) in [6.45, 7) is 5.12. The van der Waals surface area contributed by atoms with Crippen molar-refractivity contribution < 1.29 is 19.4 Å².